The Labute approximate surface area is 135 Å². The van der Waals surface area contributed by atoms with Crippen LogP contribution in [-0.2, 0) is 0 Å². The Bertz CT molecular complexity index is 1020. The van der Waals surface area contributed by atoms with Gasteiger partial charge in [0.15, 0.2) is 10.7 Å². The van der Waals surface area contributed by atoms with Crippen molar-refractivity contribution in [3.05, 3.63) is 35.9 Å². The first-order valence-electron chi connectivity index (χ1n) is 7.00. The van der Waals surface area contributed by atoms with Gasteiger partial charge in [0.05, 0.1) is 11.8 Å². The molecule has 2 aromatic heterocycles. The fourth-order valence-electron chi connectivity index (χ4n) is 2.41. The normalized spacial score (nSPS) is 11.2. The van der Waals surface area contributed by atoms with Crippen LogP contribution in [-0.4, -0.2) is 17.1 Å². The van der Waals surface area contributed by atoms with Gasteiger partial charge in [0.2, 0.25) is 0 Å². The van der Waals surface area contributed by atoms with Gasteiger partial charge in [-0.1, -0.05) is 17.4 Å². The van der Waals surface area contributed by atoms with Gasteiger partial charge in [-0.25, -0.2) is 4.98 Å². The standard InChI is InChI=1S/C16H14N4O2S/c1-8-3-4-11-10(5-8)18-15(22-11)20-16-19-14-12(21-2)6-9(17)7-13(14)23-16/h3-7H,17H2,1-2H3,(H,18,19,20). The summed E-state index contributed by atoms with van der Waals surface area (Å²) in [6.07, 6.45) is 0. The Morgan fingerprint density at radius 2 is 2.09 bits per heavy atom. The van der Waals surface area contributed by atoms with Crippen molar-refractivity contribution in [3.63, 3.8) is 0 Å². The van der Waals surface area contributed by atoms with Gasteiger partial charge in [-0.2, -0.15) is 4.98 Å². The lowest BCUT2D eigenvalue weighted by molar-refractivity contribution is 0.419. The van der Waals surface area contributed by atoms with E-state index in [-0.39, 0.29) is 0 Å². The van der Waals surface area contributed by atoms with Gasteiger partial charge in [0.1, 0.15) is 16.8 Å². The quantitative estimate of drug-likeness (QED) is 0.552. The lowest BCUT2D eigenvalue weighted by Gasteiger charge is -2.01. The number of fused-ring (bicyclic) bond motifs is 2. The predicted molar refractivity (Wildman–Crippen MR) is 92.6 cm³/mol. The van der Waals surface area contributed by atoms with Gasteiger partial charge in [-0.3, -0.25) is 5.32 Å². The number of hydrogen-bond acceptors (Lipinski definition) is 7. The molecular formula is C16H14N4O2S. The summed E-state index contributed by atoms with van der Waals surface area (Å²) >= 11 is 1.47. The first-order chi connectivity index (χ1) is 11.1. The van der Waals surface area contributed by atoms with Gasteiger partial charge in [-0.05, 0) is 30.7 Å². The van der Waals surface area contributed by atoms with Crippen molar-refractivity contribution in [2.24, 2.45) is 0 Å². The number of methoxy groups -OCH3 is 1. The van der Waals surface area contributed by atoms with Crippen LogP contribution in [0.5, 0.6) is 5.75 Å². The van der Waals surface area contributed by atoms with Crippen LogP contribution in [0.25, 0.3) is 21.3 Å². The Hall–Kier alpha value is -2.80. The minimum absolute atomic E-state index is 0.414. The minimum Gasteiger partial charge on any atom is -0.494 e. The highest BCUT2D eigenvalue weighted by Crippen LogP contribution is 2.35. The van der Waals surface area contributed by atoms with Gasteiger partial charge in [0.25, 0.3) is 0 Å². The second-order valence-corrected chi connectivity index (χ2v) is 6.23. The summed E-state index contributed by atoms with van der Waals surface area (Å²) in [5.41, 5.74) is 9.97. The molecule has 0 spiro atoms. The first kappa shape index (κ1) is 13.8. The summed E-state index contributed by atoms with van der Waals surface area (Å²) in [6, 6.07) is 9.92. The van der Waals surface area contributed by atoms with Crippen LogP contribution >= 0.6 is 11.3 Å². The van der Waals surface area contributed by atoms with E-state index in [9.17, 15) is 0 Å². The van der Waals surface area contributed by atoms with Gasteiger partial charge in [0, 0.05) is 11.8 Å². The van der Waals surface area contributed by atoms with Crippen molar-refractivity contribution in [3.8, 4) is 5.75 Å². The first-order valence-corrected chi connectivity index (χ1v) is 7.82. The number of nitrogen functional groups attached to an aromatic ring is 1. The summed E-state index contributed by atoms with van der Waals surface area (Å²) < 4.78 is 12.0. The van der Waals surface area contributed by atoms with E-state index >= 15 is 0 Å². The molecule has 0 fully saturated rings. The number of nitrogens with one attached hydrogen (secondary N) is 1. The highest BCUT2D eigenvalue weighted by molar-refractivity contribution is 7.22. The zero-order valence-corrected chi connectivity index (χ0v) is 13.4. The van der Waals surface area contributed by atoms with Gasteiger partial charge in [-0.15, -0.1) is 0 Å². The van der Waals surface area contributed by atoms with Crippen LogP contribution in [0.15, 0.2) is 34.7 Å². The van der Waals surface area contributed by atoms with Crippen LogP contribution in [0.2, 0.25) is 0 Å². The number of nitrogens with two attached hydrogens (primary N) is 1. The average molecular weight is 326 g/mol. The van der Waals surface area contributed by atoms with Crippen LogP contribution in [0.4, 0.5) is 16.8 Å². The molecular weight excluding hydrogens is 312 g/mol. The van der Waals surface area contributed by atoms with Crippen molar-refractivity contribution >= 4 is 49.5 Å². The number of ether oxygens (including phenoxy) is 1. The van der Waals surface area contributed by atoms with Gasteiger partial charge < -0.3 is 14.9 Å². The molecule has 0 aliphatic rings. The highest BCUT2D eigenvalue weighted by Gasteiger charge is 2.13. The number of oxazole rings is 1. The zero-order chi connectivity index (χ0) is 16.0. The Morgan fingerprint density at radius 1 is 1.22 bits per heavy atom. The zero-order valence-electron chi connectivity index (χ0n) is 12.6. The number of aromatic nitrogens is 2. The number of thiazole rings is 1. The maximum absolute atomic E-state index is 5.87. The third kappa shape index (κ3) is 2.44. The molecule has 0 unspecified atom stereocenters. The lowest BCUT2D eigenvalue weighted by atomic mass is 10.2. The number of nitrogens with zero attached hydrogens (tertiary/aromatic N) is 2. The van der Waals surface area contributed by atoms with Crippen LogP contribution in [0.1, 0.15) is 5.56 Å². The number of benzene rings is 2. The summed E-state index contributed by atoms with van der Waals surface area (Å²) in [6.45, 7) is 2.02. The third-order valence-corrected chi connectivity index (χ3v) is 4.38. The maximum atomic E-state index is 5.87. The van der Waals surface area contributed by atoms with Gasteiger partial charge >= 0.3 is 6.01 Å². The van der Waals surface area contributed by atoms with E-state index in [1.165, 1.54) is 11.3 Å². The molecule has 3 N–H and O–H groups in total. The van der Waals surface area contributed by atoms with Crippen molar-refractivity contribution in [1.82, 2.24) is 9.97 Å². The van der Waals surface area contributed by atoms with Crippen LogP contribution < -0.4 is 15.8 Å². The van der Waals surface area contributed by atoms with E-state index in [1.54, 1.807) is 13.2 Å². The molecule has 0 saturated heterocycles. The molecule has 6 nitrogen and oxygen atoms in total. The predicted octanol–water partition coefficient (Wildman–Crippen LogP) is 4.08. The average Bonchev–Trinajstić information content (AvgIpc) is 3.08. The molecule has 2 aromatic carbocycles. The van der Waals surface area contributed by atoms with Crippen LogP contribution in [0.3, 0.4) is 0 Å². The maximum Gasteiger partial charge on any atom is 0.302 e. The van der Waals surface area contributed by atoms with Crippen molar-refractivity contribution in [1.29, 1.82) is 0 Å². The number of anilines is 3. The Morgan fingerprint density at radius 3 is 2.91 bits per heavy atom. The fraction of sp³-hybridized carbons (Fsp3) is 0.125. The molecule has 7 heteroatoms. The molecule has 0 atom stereocenters. The molecule has 23 heavy (non-hydrogen) atoms. The SMILES string of the molecule is COc1cc(N)cc2sc(Nc3nc4cc(C)ccc4o3)nc12. The largest absolute Gasteiger partial charge is 0.494 e. The molecule has 4 aromatic rings. The van der Waals surface area contributed by atoms with Crippen LogP contribution in [0, 0.1) is 6.92 Å². The van der Waals surface area contributed by atoms with E-state index < -0.39 is 0 Å². The summed E-state index contributed by atoms with van der Waals surface area (Å²) in [5, 5.41) is 3.78. The van der Waals surface area contributed by atoms with E-state index in [0.29, 0.717) is 22.6 Å². The molecule has 0 aliphatic heterocycles. The minimum atomic E-state index is 0.414. The molecule has 4 rings (SSSR count). The second kappa shape index (κ2) is 5.13. The van der Waals surface area contributed by atoms with Crippen molar-refractivity contribution in [2.45, 2.75) is 6.92 Å². The number of hydrogen-bond donors (Lipinski definition) is 2. The number of rotatable bonds is 3. The molecule has 116 valence electrons. The van der Waals surface area contributed by atoms with E-state index in [4.69, 9.17) is 14.9 Å². The van der Waals surface area contributed by atoms with E-state index in [1.807, 2.05) is 31.2 Å². The van der Waals surface area contributed by atoms with Crippen molar-refractivity contribution in [2.75, 3.05) is 18.2 Å². The molecule has 0 bridgehead atoms. The fourth-order valence-corrected chi connectivity index (χ4v) is 3.33. The Kier molecular flexibility index (Phi) is 3.09. The molecule has 0 saturated carbocycles. The molecule has 2 heterocycles. The monoisotopic (exact) mass is 326 g/mol. The Balaban J connectivity index is 1.73. The summed E-state index contributed by atoms with van der Waals surface area (Å²) in [7, 11) is 1.60. The summed E-state index contributed by atoms with van der Waals surface area (Å²) in [5.74, 6) is 0.650. The summed E-state index contributed by atoms with van der Waals surface area (Å²) in [4.78, 5) is 8.97. The van der Waals surface area contributed by atoms with E-state index in [2.05, 4.69) is 15.3 Å². The molecule has 0 amide bonds. The van der Waals surface area contributed by atoms with Crippen molar-refractivity contribution < 1.29 is 9.15 Å². The molecule has 0 radical (unpaired) electrons. The van der Waals surface area contributed by atoms with E-state index in [0.717, 1.165) is 26.9 Å². The lowest BCUT2D eigenvalue weighted by Crippen LogP contribution is -1.90. The smallest absolute Gasteiger partial charge is 0.302 e. The molecule has 0 aliphatic carbocycles. The topological polar surface area (TPSA) is 86.2 Å². The number of aryl methyl sites for hydroxylation is 1. The highest BCUT2D eigenvalue weighted by atomic mass is 32.1. The third-order valence-electron chi connectivity index (χ3n) is 3.46. The second-order valence-electron chi connectivity index (χ2n) is 5.20.